The minimum atomic E-state index is -0.543. The lowest BCUT2D eigenvalue weighted by Crippen LogP contribution is -2.37. The molecule has 1 fully saturated rings. The highest BCUT2D eigenvalue weighted by Gasteiger charge is 2.27. The van der Waals surface area contributed by atoms with Crippen LogP contribution in [0.25, 0.3) is 10.6 Å². The van der Waals surface area contributed by atoms with Gasteiger partial charge >= 0.3 is 0 Å². The van der Waals surface area contributed by atoms with Crippen molar-refractivity contribution >= 4 is 23.2 Å². The van der Waals surface area contributed by atoms with E-state index in [1.165, 1.54) is 35.6 Å². The Morgan fingerprint density at radius 2 is 1.55 bits per heavy atom. The Labute approximate surface area is 182 Å². The van der Waals surface area contributed by atoms with Crippen LogP contribution in [-0.2, 0) is 0 Å². The van der Waals surface area contributed by atoms with Crippen molar-refractivity contribution in [3.05, 3.63) is 76.3 Å². The first-order valence-electron chi connectivity index (χ1n) is 10.0. The van der Waals surface area contributed by atoms with Crippen LogP contribution >= 0.6 is 11.3 Å². The number of halogens is 2. The molecule has 0 aliphatic carbocycles. The number of nitrogens with zero attached hydrogens (tertiary/aromatic N) is 3. The molecular formula is C23H21F2N3O2S. The lowest BCUT2D eigenvalue weighted by atomic mass is 10.2. The van der Waals surface area contributed by atoms with E-state index in [9.17, 15) is 18.4 Å². The van der Waals surface area contributed by atoms with Gasteiger partial charge in [-0.25, -0.2) is 13.8 Å². The van der Waals surface area contributed by atoms with E-state index in [4.69, 9.17) is 0 Å². The number of aryl methyl sites for hydroxylation is 1. The highest BCUT2D eigenvalue weighted by atomic mass is 32.1. The second-order valence-corrected chi connectivity index (χ2v) is 8.36. The van der Waals surface area contributed by atoms with Crippen LogP contribution in [0, 0.1) is 18.6 Å². The normalized spacial score (nSPS) is 14.4. The topological polar surface area (TPSA) is 53.5 Å². The fourth-order valence-electron chi connectivity index (χ4n) is 3.58. The van der Waals surface area contributed by atoms with E-state index in [-0.39, 0.29) is 23.2 Å². The maximum atomic E-state index is 14.0. The van der Waals surface area contributed by atoms with Crippen LogP contribution < -0.4 is 0 Å². The average Bonchev–Trinajstić information content (AvgIpc) is 2.99. The quantitative estimate of drug-likeness (QED) is 0.606. The van der Waals surface area contributed by atoms with Crippen molar-refractivity contribution in [2.45, 2.75) is 13.3 Å². The molecule has 1 aliphatic rings. The van der Waals surface area contributed by atoms with Crippen LogP contribution in [0.15, 0.2) is 48.5 Å². The molecule has 0 saturated carbocycles. The van der Waals surface area contributed by atoms with Gasteiger partial charge in [0.25, 0.3) is 11.8 Å². The third kappa shape index (κ3) is 4.49. The molecule has 3 aromatic rings. The molecule has 31 heavy (non-hydrogen) atoms. The Morgan fingerprint density at radius 3 is 2.23 bits per heavy atom. The van der Waals surface area contributed by atoms with Crippen LogP contribution in [0.5, 0.6) is 0 Å². The molecule has 0 unspecified atom stereocenters. The van der Waals surface area contributed by atoms with Gasteiger partial charge in [0, 0.05) is 31.7 Å². The molecule has 2 amide bonds. The summed E-state index contributed by atoms with van der Waals surface area (Å²) in [6, 6.07) is 11.9. The van der Waals surface area contributed by atoms with Gasteiger partial charge in [-0.1, -0.05) is 12.1 Å². The summed E-state index contributed by atoms with van der Waals surface area (Å²) in [7, 11) is 0. The third-order valence-electron chi connectivity index (χ3n) is 5.26. The molecule has 1 aliphatic heterocycles. The fraction of sp³-hybridized carbons (Fsp3) is 0.261. The number of amides is 2. The monoisotopic (exact) mass is 441 g/mol. The van der Waals surface area contributed by atoms with E-state index in [0.717, 1.165) is 5.56 Å². The minimum Gasteiger partial charge on any atom is -0.337 e. The van der Waals surface area contributed by atoms with Crippen LogP contribution in [0.1, 0.15) is 32.1 Å². The van der Waals surface area contributed by atoms with E-state index >= 15 is 0 Å². The summed E-state index contributed by atoms with van der Waals surface area (Å²) in [6.07, 6.45) is 0.606. The number of carbonyl (C=O) groups is 2. The highest BCUT2D eigenvalue weighted by molar-refractivity contribution is 7.17. The molecule has 2 heterocycles. The zero-order valence-electron chi connectivity index (χ0n) is 17.0. The van der Waals surface area contributed by atoms with Gasteiger partial charge in [-0.2, -0.15) is 0 Å². The molecule has 0 radical (unpaired) electrons. The SMILES string of the molecule is Cc1nc(-c2ccc(F)cc2)sc1C(=O)N1CCCN(C(=O)c2ccccc2F)CC1. The summed E-state index contributed by atoms with van der Waals surface area (Å²) in [5.41, 5.74) is 1.42. The molecule has 0 spiro atoms. The summed E-state index contributed by atoms with van der Waals surface area (Å²) in [6.45, 7) is 3.44. The number of rotatable bonds is 3. The first-order chi connectivity index (χ1) is 14.9. The average molecular weight is 442 g/mol. The lowest BCUT2D eigenvalue weighted by molar-refractivity contribution is 0.0718. The Kier molecular flexibility index (Phi) is 6.08. The second-order valence-electron chi connectivity index (χ2n) is 7.36. The molecule has 0 bridgehead atoms. The Morgan fingerprint density at radius 1 is 0.903 bits per heavy atom. The van der Waals surface area contributed by atoms with Gasteiger partial charge in [0.2, 0.25) is 0 Å². The molecule has 5 nitrogen and oxygen atoms in total. The number of benzene rings is 2. The molecule has 160 valence electrons. The van der Waals surface area contributed by atoms with E-state index in [1.807, 2.05) is 0 Å². The molecule has 2 aromatic carbocycles. The second kappa shape index (κ2) is 8.93. The van der Waals surface area contributed by atoms with Crippen LogP contribution in [-0.4, -0.2) is 52.8 Å². The number of hydrogen-bond acceptors (Lipinski definition) is 4. The maximum Gasteiger partial charge on any atom is 0.265 e. The molecule has 1 aromatic heterocycles. The summed E-state index contributed by atoms with van der Waals surface area (Å²) in [5.74, 6) is -1.37. The van der Waals surface area contributed by atoms with E-state index < -0.39 is 5.82 Å². The van der Waals surface area contributed by atoms with E-state index in [2.05, 4.69) is 4.98 Å². The Balaban J connectivity index is 1.47. The minimum absolute atomic E-state index is 0.0458. The molecule has 8 heteroatoms. The largest absolute Gasteiger partial charge is 0.337 e. The number of hydrogen-bond donors (Lipinski definition) is 0. The van der Waals surface area contributed by atoms with Crippen molar-refractivity contribution in [1.82, 2.24) is 14.8 Å². The highest BCUT2D eigenvalue weighted by Crippen LogP contribution is 2.29. The zero-order chi connectivity index (χ0) is 22.0. The van der Waals surface area contributed by atoms with Gasteiger partial charge in [-0.3, -0.25) is 9.59 Å². The van der Waals surface area contributed by atoms with Gasteiger partial charge < -0.3 is 9.80 Å². The van der Waals surface area contributed by atoms with Crippen molar-refractivity contribution < 1.29 is 18.4 Å². The van der Waals surface area contributed by atoms with Crippen molar-refractivity contribution in [3.8, 4) is 10.6 Å². The van der Waals surface area contributed by atoms with Gasteiger partial charge in [0.05, 0.1) is 11.3 Å². The fourth-order valence-corrected chi connectivity index (χ4v) is 4.62. The summed E-state index contributed by atoms with van der Waals surface area (Å²) in [5, 5.41) is 0.659. The lowest BCUT2D eigenvalue weighted by Gasteiger charge is -2.22. The van der Waals surface area contributed by atoms with Crippen LogP contribution in [0.4, 0.5) is 8.78 Å². The molecular weight excluding hydrogens is 420 g/mol. The van der Waals surface area contributed by atoms with Crippen molar-refractivity contribution in [3.63, 3.8) is 0 Å². The maximum absolute atomic E-state index is 14.0. The number of carbonyl (C=O) groups excluding carboxylic acids is 2. The van der Waals surface area contributed by atoms with Crippen LogP contribution in [0.2, 0.25) is 0 Å². The first kappa shape index (κ1) is 21.1. The van der Waals surface area contributed by atoms with E-state index in [1.54, 1.807) is 41.0 Å². The van der Waals surface area contributed by atoms with Gasteiger partial charge in [0.15, 0.2) is 0 Å². The third-order valence-corrected chi connectivity index (χ3v) is 6.45. The predicted molar refractivity (Wildman–Crippen MR) is 115 cm³/mol. The molecule has 4 rings (SSSR count). The Hall–Kier alpha value is -3.13. The zero-order valence-corrected chi connectivity index (χ0v) is 17.8. The Bertz CT molecular complexity index is 1110. The molecule has 0 atom stereocenters. The summed E-state index contributed by atoms with van der Waals surface area (Å²) in [4.78, 5) is 34.2. The van der Waals surface area contributed by atoms with Crippen molar-refractivity contribution in [1.29, 1.82) is 0 Å². The first-order valence-corrected chi connectivity index (χ1v) is 10.8. The predicted octanol–water partition coefficient (Wildman–Crippen LogP) is 4.39. The molecule has 1 saturated heterocycles. The van der Waals surface area contributed by atoms with Crippen molar-refractivity contribution in [2.24, 2.45) is 0 Å². The smallest absolute Gasteiger partial charge is 0.265 e. The summed E-state index contributed by atoms with van der Waals surface area (Å²) >= 11 is 1.28. The van der Waals surface area contributed by atoms with E-state index in [0.29, 0.717) is 48.2 Å². The molecule has 0 N–H and O–H groups in total. The van der Waals surface area contributed by atoms with Gasteiger partial charge in [0.1, 0.15) is 21.5 Å². The van der Waals surface area contributed by atoms with Crippen LogP contribution in [0.3, 0.4) is 0 Å². The van der Waals surface area contributed by atoms with Crippen molar-refractivity contribution in [2.75, 3.05) is 26.2 Å². The summed E-state index contributed by atoms with van der Waals surface area (Å²) < 4.78 is 27.2. The van der Waals surface area contributed by atoms with Gasteiger partial charge in [-0.15, -0.1) is 11.3 Å². The standard InChI is InChI=1S/C23H21F2N3O2S/c1-15-20(31-21(26-15)16-7-9-17(24)10-8-16)23(30)28-12-4-11-27(13-14-28)22(29)18-5-2-3-6-19(18)25/h2-3,5-10H,4,11-14H2,1H3. The number of aromatic nitrogens is 1. The van der Waals surface area contributed by atoms with Gasteiger partial charge in [-0.05, 0) is 49.7 Å². The number of thiazole rings is 1.